The first-order chi connectivity index (χ1) is 32.0. The standard InChI is InChI=1S/C59H94O6/c1-4-7-10-13-16-19-21-23-25-27-29-31-33-35-37-40-43-46-49-52-58(61)64-55-56(54-63-57(60)51-48-45-42-39-18-15-12-9-6-3)65-59(62)53-50-47-44-41-38-36-34-32-30-28-26-24-22-20-17-14-11-8-5-2/h7-12,16-20,23-26,29,31,39,45,48,56H,4-6,13-15,21-22,27-28,30,32-38,40-44,46-47,49-55H2,1-3H3/b10-7-,11-8-,12-9-,19-16-,20-17-,25-23-,26-24-,31-29-,39-18-,48-45-. The van der Waals surface area contributed by atoms with Gasteiger partial charge < -0.3 is 14.2 Å². The van der Waals surface area contributed by atoms with E-state index < -0.39 is 12.1 Å². The lowest BCUT2D eigenvalue weighted by Crippen LogP contribution is -2.30. The van der Waals surface area contributed by atoms with E-state index in [2.05, 4.69) is 130 Å². The van der Waals surface area contributed by atoms with Crippen LogP contribution >= 0.6 is 0 Å². The average molecular weight is 899 g/mol. The van der Waals surface area contributed by atoms with E-state index in [1.807, 2.05) is 6.08 Å². The second kappa shape index (κ2) is 52.4. The number of carbonyl (C=O) groups is 3. The molecule has 0 amide bonds. The zero-order valence-electron chi connectivity index (χ0n) is 41.7. The number of hydrogen-bond acceptors (Lipinski definition) is 6. The molecule has 65 heavy (non-hydrogen) atoms. The van der Waals surface area contributed by atoms with Crippen molar-refractivity contribution in [2.75, 3.05) is 13.2 Å². The fraction of sp³-hybridized carbons (Fsp3) is 0.610. The summed E-state index contributed by atoms with van der Waals surface area (Å²) in [7, 11) is 0. The van der Waals surface area contributed by atoms with Gasteiger partial charge in [-0.05, 0) is 103 Å². The Balaban J connectivity index is 4.40. The highest BCUT2D eigenvalue weighted by Gasteiger charge is 2.19. The zero-order chi connectivity index (χ0) is 47.2. The number of esters is 3. The molecule has 0 fully saturated rings. The van der Waals surface area contributed by atoms with Gasteiger partial charge in [-0.1, -0.05) is 213 Å². The van der Waals surface area contributed by atoms with Gasteiger partial charge in [-0.3, -0.25) is 14.4 Å². The molecule has 0 saturated carbocycles. The van der Waals surface area contributed by atoms with E-state index in [0.29, 0.717) is 12.8 Å². The maximum Gasteiger partial charge on any atom is 0.309 e. The summed E-state index contributed by atoms with van der Waals surface area (Å²) in [6, 6.07) is 0. The third kappa shape index (κ3) is 50.7. The van der Waals surface area contributed by atoms with E-state index in [1.54, 1.807) is 6.08 Å². The average Bonchev–Trinajstić information content (AvgIpc) is 3.30. The van der Waals surface area contributed by atoms with Crippen LogP contribution in [-0.4, -0.2) is 37.2 Å². The van der Waals surface area contributed by atoms with E-state index in [1.165, 1.54) is 51.4 Å². The van der Waals surface area contributed by atoms with Crippen molar-refractivity contribution in [2.24, 2.45) is 0 Å². The molecule has 0 N–H and O–H groups in total. The minimum absolute atomic E-state index is 0.118. The van der Waals surface area contributed by atoms with Crippen LogP contribution in [0.5, 0.6) is 0 Å². The smallest absolute Gasteiger partial charge is 0.309 e. The molecular formula is C59H94O6. The third-order valence-corrected chi connectivity index (χ3v) is 10.5. The molecule has 0 aromatic carbocycles. The first kappa shape index (κ1) is 60.8. The molecule has 0 spiro atoms. The maximum absolute atomic E-state index is 12.8. The summed E-state index contributed by atoms with van der Waals surface area (Å²) >= 11 is 0. The van der Waals surface area contributed by atoms with Crippen molar-refractivity contribution in [1.82, 2.24) is 0 Å². The zero-order valence-corrected chi connectivity index (χ0v) is 41.7. The fourth-order valence-corrected chi connectivity index (χ4v) is 6.68. The summed E-state index contributed by atoms with van der Waals surface area (Å²) in [5.41, 5.74) is 0. The second-order valence-corrected chi connectivity index (χ2v) is 16.7. The molecular weight excluding hydrogens is 805 g/mol. The normalized spacial score (nSPS) is 13.1. The van der Waals surface area contributed by atoms with Crippen molar-refractivity contribution in [3.05, 3.63) is 122 Å². The summed E-state index contributed by atoms with van der Waals surface area (Å²) in [5.74, 6) is -1.07. The predicted octanol–water partition coefficient (Wildman–Crippen LogP) is 17.3. The minimum atomic E-state index is -0.825. The van der Waals surface area contributed by atoms with E-state index in [9.17, 15) is 14.4 Å². The third-order valence-electron chi connectivity index (χ3n) is 10.5. The summed E-state index contributed by atoms with van der Waals surface area (Å²) < 4.78 is 16.7. The molecule has 0 rings (SSSR count). The Morgan fingerprint density at radius 2 is 0.615 bits per heavy atom. The van der Waals surface area contributed by atoms with E-state index in [0.717, 1.165) is 122 Å². The summed E-state index contributed by atoms with van der Waals surface area (Å²) in [6.07, 6.45) is 72.2. The number of rotatable bonds is 45. The molecule has 0 aliphatic heterocycles. The molecule has 6 nitrogen and oxygen atoms in total. The molecule has 0 saturated heterocycles. The first-order valence-electron chi connectivity index (χ1n) is 26.0. The Bertz CT molecular complexity index is 1400. The molecule has 1 unspecified atom stereocenters. The molecule has 366 valence electrons. The maximum atomic E-state index is 12.8. The summed E-state index contributed by atoms with van der Waals surface area (Å²) in [5, 5.41) is 0. The summed E-state index contributed by atoms with van der Waals surface area (Å²) in [6.45, 7) is 6.17. The van der Waals surface area contributed by atoms with Gasteiger partial charge in [0.05, 0.1) is 6.42 Å². The van der Waals surface area contributed by atoms with Crippen molar-refractivity contribution in [2.45, 2.75) is 219 Å². The largest absolute Gasteiger partial charge is 0.462 e. The van der Waals surface area contributed by atoms with Crippen LogP contribution in [0.3, 0.4) is 0 Å². The highest BCUT2D eigenvalue weighted by molar-refractivity contribution is 5.72. The van der Waals surface area contributed by atoms with Crippen LogP contribution < -0.4 is 0 Å². The number of ether oxygens (including phenoxy) is 3. The lowest BCUT2D eigenvalue weighted by Gasteiger charge is -2.18. The van der Waals surface area contributed by atoms with E-state index in [-0.39, 0.29) is 31.6 Å². The Morgan fingerprint density at radius 3 is 1.00 bits per heavy atom. The Hall–Kier alpha value is -4.19. The van der Waals surface area contributed by atoms with Crippen molar-refractivity contribution < 1.29 is 28.6 Å². The molecule has 0 aliphatic carbocycles. The minimum Gasteiger partial charge on any atom is -0.462 e. The van der Waals surface area contributed by atoms with Crippen LogP contribution in [0.2, 0.25) is 0 Å². The Morgan fingerprint density at radius 1 is 0.323 bits per heavy atom. The first-order valence-corrected chi connectivity index (χ1v) is 26.0. The van der Waals surface area contributed by atoms with Crippen LogP contribution in [0.15, 0.2) is 122 Å². The highest BCUT2D eigenvalue weighted by atomic mass is 16.6. The highest BCUT2D eigenvalue weighted by Crippen LogP contribution is 2.14. The van der Waals surface area contributed by atoms with Crippen molar-refractivity contribution in [3.8, 4) is 0 Å². The van der Waals surface area contributed by atoms with E-state index >= 15 is 0 Å². The number of allylic oxidation sites excluding steroid dienone is 19. The van der Waals surface area contributed by atoms with Crippen LogP contribution in [-0.2, 0) is 28.6 Å². The van der Waals surface area contributed by atoms with Crippen molar-refractivity contribution in [1.29, 1.82) is 0 Å². The van der Waals surface area contributed by atoms with Crippen LogP contribution in [0, 0.1) is 0 Å². The molecule has 0 aromatic heterocycles. The van der Waals surface area contributed by atoms with Crippen LogP contribution in [0.4, 0.5) is 0 Å². The number of hydrogen-bond donors (Lipinski definition) is 0. The van der Waals surface area contributed by atoms with Crippen molar-refractivity contribution in [3.63, 3.8) is 0 Å². The summed E-state index contributed by atoms with van der Waals surface area (Å²) in [4.78, 5) is 37.9. The van der Waals surface area contributed by atoms with Gasteiger partial charge in [-0.2, -0.15) is 0 Å². The monoisotopic (exact) mass is 899 g/mol. The quantitative estimate of drug-likeness (QED) is 0.0262. The van der Waals surface area contributed by atoms with Gasteiger partial charge in [-0.25, -0.2) is 0 Å². The van der Waals surface area contributed by atoms with Crippen molar-refractivity contribution >= 4 is 17.9 Å². The topological polar surface area (TPSA) is 78.9 Å². The van der Waals surface area contributed by atoms with Gasteiger partial charge in [0.25, 0.3) is 0 Å². The lowest BCUT2D eigenvalue weighted by atomic mass is 10.1. The van der Waals surface area contributed by atoms with Gasteiger partial charge in [0.15, 0.2) is 6.10 Å². The second-order valence-electron chi connectivity index (χ2n) is 16.7. The molecule has 0 heterocycles. The van der Waals surface area contributed by atoms with Gasteiger partial charge >= 0.3 is 17.9 Å². The Labute approximate surface area is 399 Å². The lowest BCUT2D eigenvalue weighted by molar-refractivity contribution is -0.166. The predicted molar refractivity (Wildman–Crippen MR) is 279 cm³/mol. The van der Waals surface area contributed by atoms with Crippen LogP contribution in [0.25, 0.3) is 0 Å². The Kier molecular flexibility index (Phi) is 49.1. The molecule has 0 aromatic rings. The molecule has 6 heteroatoms. The van der Waals surface area contributed by atoms with Crippen LogP contribution in [0.1, 0.15) is 213 Å². The fourth-order valence-electron chi connectivity index (χ4n) is 6.68. The van der Waals surface area contributed by atoms with E-state index in [4.69, 9.17) is 14.2 Å². The molecule has 0 bridgehead atoms. The van der Waals surface area contributed by atoms with Gasteiger partial charge in [-0.15, -0.1) is 0 Å². The van der Waals surface area contributed by atoms with Gasteiger partial charge in [0.2, 0.25) is 0 Å². The molecule has 0 aliphatic rings. The molecule has 1 atom stereocenters. The molecule has 0 radical (unpaired) electrons. The number of carbonyl (C=O) groups excluding carboxylic acids is 3. The SMILES string of the molecule is CC/C=C\C/C=C\C/C=C\C/C=C\CCCCCCCCC(=O)OCC(COC(=O)C/C=C\C/C=C\C/C=C\CC)OC(=O)CCCCCCCCCCC/C=C\C/C=C\C/C=C\CC. The van der Waals surface area contributed by atoms with Gasteiger partial charge in [0.1, 0.15) is 13.2 Å². The van der Waals surface area contributed by atoms with Gasteiger partial charge in [0, 0.05) is 12.8 Å². The number of unbranched alkanes of at least 4 members (excludes halogenated alkanes) is 15.